The van der Waals surface area contributed by atoms with E-state index in [9.17, 15) is 0 Å². The Morgan fingerprint density at radius 3 is 2.13 bits per heavy atom. The molecule has 0 saturated carbocycles. The number of alkyl halides is 1. The first-order valence-corrected chi connectivity index (χ1v) is 10.4. The Kier molecular flexibility index (Phi) is 9.73. The van der Waals surface area contributed by atoms with Gasteiger partial charge in [0.25, 0.3) is 0 Å². The van der Waals surface area contributed by atoms with Crippen LogP contribution in [0.3, 0.4) is 0 Å². The zero-order valence-corrected chi connectivity index (χ0v) is 13.0. The van der Waals surface area contributed by atoms with E-state index >= 15 is 0 Å². The first-order valence-electron chi connectivity index (χ1n) is 4.71. The van der Waals surface area contributed by atoms with Gasteiger partial charge >= 0.3 is 11.4 Å². The summed E-state index contributed by atoms with van der Waals surface area (Å²) in [6.45, 7) is 3.25. The van der Waals surface area contributed by atoms with E-state index in [-0.39, 0.29) is 5.62 Å². The molecule has 1 rings (SSSR count). The Hall–Kier alpha value is 1.03. The molecule has 0 amide bonds. The zero-order valence-electron chi connectivity index (χ0n) is 8.84. The first kappa shape index (κ1) is 16.0. The Labute approximate surface area is 114 Å². The van der Waals surface area contributed by atoms with Crippen LogP contribution in [-0.4, -0.2) is 40.4 Å². The van der Waals surface area contributed by atoms with Crippen LogP contribution in [0.25, 0.3) is 0 Å². The summed E-state index contributed by atoms with van der Waals surface area (Å²) in [6, 6.07) is 0. The SMILES string of the molecule is CCCCN1C=CN(C)C1Cl.[Cl][Al]([Cl])[Cl]. The number of hydrogen-bond donors (Lipinski definition) is 0. The lowest BCUT2D eigenvalue weighted by molar-refractivity contribution is 0.252. The third kappa shape index (κ3) is 7.85. The fourth-order valence-corrected chi connectivity index (χ4v) is 1.32. The molecule has 15 heavy (non-hydrogen) atoms. The smallest absolute Gasteiger partial charge is 0.347 e. The van der Waals surface area contributed by atoms with E-state index in [1.54, 1.807) is 0 Å². The molecule has 88 valence electrons. The highest BCUT2D eigenvalue weighted by Crippen LogP contribution is 2.17. The van der Waals surface area contributed by atoms with E-state index < -0.39 is 11.4 Å². The topological polar surface area (TPSA) is 6.48 Å². The molecule has 1 aliphatic rings. The van der Waals surface area contributed by atoms with Crippen LogP contribution in [0.15, 0.2) is 12.4 Å². The fourth-order valence-electron chi connectivity index (χ4n) is 1.09. The Balaban J connectivity index is 0.000000423. The van der Waals surface area contributed by atoms with E-state index in [2.05, 4.69) is 11.8 Å². The van der Waals surface area contributed by atoms with Crippen LogP contribution in [0, 0.1) is 0 Å². The summed E-state index contributed by atoms with van der Waals surface area (Å²) >= 11 is 4.33. The zero-order chi connectivity index (χ0) is 11.8. The standard InChI is InChI=1S/C8H15ClN2.Al.3ClH/c1-3-4-5-11-7-6-10(2)8(11)9;;;;/h6-8H,3-5H2,1-2H3;;3*1H/q;+3;;;/p-3. The van der Waals surface area contributed by atoms with Crippen molar-refractivity contribution in [3.05, 3.63) is 12.4 Å². The van der Waals surface area contributed by atoms with Crippen molar-refractivity contribution in [3.8, 4) is 0 Å². The summed E-state index contributed by atoms with van der Waals surface area (Å²) in [6.07, 6.45) is 6.49. The summed E-state index contributed by atoms with van der Waals surface area (Å²) in [5.74, 6) is 0. The van der Waals surface area contributed by atoms with E-state index in [0.717, 1.165) is 6.54 Å². The monoisotopic (exact) mass is 306 g/mol. The molecule has 0 saturated heterocycles. The molecule has 1 atom stereocenters. The lowest BCUT2D eigenvalue weighted by Gasteiger charge is -2.24. The lowest BCUT2D eigenvalue weighted by Crippen LogP contribution is -2.31. The second kappa shape index (κ2) is 9.10. The minimum atomic E-state index is -1.72. The molecule has 0 aliphatic carbocycles. The van der Waals surface area contributed by atoms with Gasteiger partial charge in [0.05, 0.1) is 0 Å². The predicted octanol–water partition coefficient (Wildman–Crippen LogP) is 3.72. The van der Waals surface area contributed by atoms with Crippen molar-refractivity contribution >= 4 is 53.1 Å². The molecule has 0 aromatic heterocycles. The van der Waals surface area contributed by atoms with Crippen LogP contribution in [0.5, 0.6) is 0 Å². The van der Waals surface area contributed by atoms with Crippen LogP contribution in [-0.2, 0) is 0 Å². The maximum Gasteiger partial charge on any atom is 0.643 e. The van der Waals surface area contributed by atoms with E-state index in [1.807, 2.05) is 24.3 Å². The molecule has 0 bridgehead atoms. The van der Waals surface area contributed by atoms with Gasteiger partial charge in [0.15, 0.2) is 5.62 Å². The summed E-state index contributed by atoms with van der Waals surface area (Å²) in [7, 11) is 16.8. The highest BCUT2D eigenvalue weighted by atomic mass is 35.8. The van der Waals surface area contributed by atoms with E-state index in [0.29, 0.717) is 0 Å². The highest BCUT2D eigenvalue weighted by molar-refractivity contribution is 7.54. The Morgan fingerprint density at radius 2 is 1.80 bits per heavy atom. The van der Waals surface area contributed by atoms with Gasteiger partial charge in [0.2, 0.25) is 0 Å². The summed E-state index contributed by atoms with van der Waals surface area (Å²) in [5, 5.41) is 0. The average Bonchev–Trinajstić information content (AvgIpc) is 2.44. The summed E-state index contributed by atoms with van der Waals surface area (Å²) in [4.78, 5) is 4.14. The molecule has 0 aromatic carbocycles. The van der Waals surface area contributed by atoms with Gasteiger partial charge in [0.1, 0.15) is 0 Å². The minimum absolute atomic E-state index is 0.0292. The van der Waals surface area contributed by atoms with Gasteiger partial charge in [-0.05, 0) is 6.42 Å². The van der Waals surface area contributed by atoms with Gasteiger partial charge in [-0.3, -0.25) is 0 Å². The van der Waals surface area contributed by atoms with Gasteiger partial charge in [-0.2, -0.15) is 0 Å². The van der Waals surface area contributed by atoms with Crippen molar-refractivity contribution in [1.82, 2.24) is 9.80 Å². The largest absolute Gasteiger partial charge is 0.643 e. The molecule has 0 N–H and O–H groups in total. The van der Waals surface area contributed by atoms with Gasteiger partial charge in [-0.15, -0.1) is 0 Å². The molecular weight excluding hydrogens is 293 g/mol. The van der Waals surface area contributed by atoms with Gasteiger partial charge in [-0.25, -0.2) is 30.1 Å². The lowest BCUT2D eigenvalue weighted by atomic mass is 10.3. The van der Waals surface area contributed by atoms with Crippen molar-refractivity contribution in [1.29, 1.82) is 0 Å². The first-order chi connectivity index (χ1) is 6.99. The molecule has 0 aromatic rings. The molecule has 1 unspecified atom stereocenters. The van der Waals surface area contributed by atoms with E-state index in [4.69, 9.17) is 41.7 Å². The Bertz CT molecular complexity index is 189. The third-order valence-corrected chi connectivity index (χ3v) is 2.43. The molecule has 1 heterocycles. The van der Waals surface area contributed by atoms with Crippen LogP contribution >= 0.6 is 41.7 Å². The second-order valence-corrected chi connectivity index (χ2v) is 9.94. The number of rotatable bonds is 3. The number of halogens is 4. The fraction of sp³-hybridized carbons (Fsp3) is 0.750. The molecular formula is C8H15AlCl4N2. The summed E-state index contributed by atoms with van der Waals surface area (Å²) < 4.78 is 0. The second-order valence-electron chi connectivity index (χ2n) is 3.11. The predicted molar refractivity (Wildman–Crippen MR) is 71.5 cm³/mol. The Morgan fingerprint density at radius 1 is 1.27 bits per heavy atom. The normalized spacial score (nSPS) is 18.9. The van der Waals surface area contributed by atoms with Crippen LogP contribution in [0.2, 0.25) is 0 Å². The highest BCUT2D eigenvalue weighted by Gasteiger charge is 2.19. The maximum atomic E-state index is 6.05. The molecule has 0 fully saturated rings. The molecule has 7 heteroatoms. The van der Waals surface area contributed by atoms with Gasteiger partial charge < -0.3 is 9.80 Å². The molecule has 2 nitrogen and oxygen atoms in total. The van der Waals surface area contributed by atoms with Crippen molar-refractivity contribution < 1.29 is 0 Å². The average molecular weight is 308 g/mol. The maximum absolute atomic E-state index is 6.05. The van der Waals surface area contributed by atoms with Crippen LogP contribution in [0.1, 0.15) is 19.8 Å². The molecule has 1 aliphatic heterocycles. The van der Waals surface area contributed by atoms with Crippen molar-refractivity contribution in [2.45, 2.75) is 25.4 Å². The van der Waals surface area contributed by atoms with Crippen molar-refractivity contribution in [3.63, 3.8) is 0 Å². The van der Waals surface area contributed by atoms with Gasteiger partial charge in [-0.1, -0.05) is 24.9 Å². The van der Waals surface area contributed by atoms with Gasteiger partial charge in [0, 0.05) is 26.0 Å². The van der Waals surface area contributed by atoms with Crippen molar-refractivity contribution in [2.24, 2.45) is 0 Å². The number of unbranched alkanes of at least 4 members (excludes halogenated alkanes) is 1. The van der Waals surface area contributed by atoms with E-state index in [1.165, 1.54) is 12.8 Å². The van der Waals surface area contributed by atoms with Crippen molar-refractivity contribution in [2.75, 3.05) is 13.6 Å². The minimum Gasteiger partial charge on any atom is -0.347 e. The molecule has 0 radical (unpaired) electrons. The van der Waals surface area contributed by atoms with Crippen LogP contribution < -0.4 is 0 Å². The quantitative estimate of drug-likeness (QED) is 0.445. The summed E-state index contributed by atoms with van der Waals surface area (Å²) in [5.41, 5.74) is 0.0292. The number of nitrogens with zero attached hydrogens (tertiary/aromatic N) is 2. The number of hydrogen-bond acceptors (Lipinski definition) is 2. The van der Waals surface area contributed by atoms with Crippen LogP contribution in [0.4, 0.5) is 0 Å². The molecule has 0 spiro atoms. The third-order valence-electron chi connectivity index (χ3n) is 1.87.